The fourth-order valence-electron chi connectivity index (χ4n) is 1.53. The molecule has 15 heavy (non-hydrogen) atoms. The van der Waals surface area contributed by atoms with Crippen LogP contribution >= 0.6 is 11.6 Å². The molecule has 1 N–H and O–H groups in total. The van der Waals surface area contributed by atoms with E-state index in [1.165, 1.54) is 6.07 Å². The Morgan fingerprint density at radius 3 is 2.67 bits per heavy atom. The number of furan rings is 1. The first-order valence-electron chi connectivity index (χ1n) is 4.43. The van der Waals surface area contributed by atoms with Gasteiger partial charge in [0.25, 0.3) is 0 Å². The summed E-state index contributed by atoms with van der Waals surface area (Å²) in [4.78, 5) is 10.8. The summed E-state index contributed by atoms with van der Waals surface area (Å²) in [6.07, 6.45) is 0. The number of carboxylic acids is 1. The van der Waals surface area contributed by atoms with E-state index < -0.39 is 5.97 Å². The van der Waals surface area contributed by atoms with Crippen LogP contribution in [0.5, 0.6) is 0 Å². The lowest BCUT2D eigenvalue weighted by atomic mass is 10.1. The number of halogens is 1. The highest BCUT2D eigenvalue weighted by Gasteiger charge is 2.14. The van der Waals surface area contributed by atoms with E-state index in [9.17, 15) is 4.79 Å². The van der Waals surface area contributed by atoms with Gasteiger partial charge in [0, 0.05) is 5.39 Å². The van der Waals surface area contributed by atoms with E-state index in [2.05, 4.69) is 0 Å². The van der Waals surface area contributed by atoms with Crippen molar-refractivity contribution in [3.8, 4) is 0 Å². The highest BCUT2D eigenvalue weighted by atomic mass is 35.5. The summed E-state index contributed by atoms with van der Waals surface area (Å²) >= 11 is 5.86. The Labute approximate surface area is 91.3 Å². The van der Waals surface area contributed by atoms with Crippen LogP contribution in [0.4, 0.5) is 0 Å². The average Bonchev–Trinajstić information content (AvgIpc) is 2.43. The number of hydrogen-bond acceptors (Lipinski definition) is 2. The van der Waals surface area contributed by atoms with E-state index in [1.807, 2.05) is 13.8 Å². The second-order valence-corrected chi connectivity index (χ2v) is 3.82. The summed E-state index contributed by atoms with van der Waals surface area (Å²) < 4.78 is 5.42. The molecular weight excluding hydrogens is 216 g/mol. The van der Waals surface area contributed by atoms with Gasteiger partial charge in [0.1, 0.15) is 11.3 Å². The van der Waals surface area contributed by atoms with Gasteiger partial charge in [-0.15, -0.1) is 0 Å². The first-order chi connectivity index (χ1) is 7.00. The van der Waals surface area contributed by atoms with Crippen LogP contribution in [0.25, 0.3) is 11.0 Å². The lowest BCUT2D eigenvalue weighted by Gasteiger charge is -1.98. The largest absolute Gasteiger partial charge is 0.478 e. The minimum absolute atomic E-state index is 0.0675. The molecule has 0 aliphatic heterocycles. The van der Waals surface area contributed by atoms with Crippen molar-refractivity contribution in [2.75, 3.05) is 0 Å². The molecule has 0 radical (unpaired) electrons. The van der Waals surface area contributed by atoms with Gasteiger partial charge >= 0.3 is 5.97 Å². The maximum absolute atomic E-state index is 10.8. The topological polar surface area (TPSA) is 50.4 Å². The van der Waals surface area contributed by atoms with Gasteiger partial charge in [-0.05, 0) is 31.5 Å². The van der Waals surface area contributed by atoms with Crippen molar-refractivity contribution in [1.29, 1.82) is 0 Å². The Hall–Kier alpha value is -1.48. The van der Waals surface area contributed by atoms with Gasteiger partial charge in [0.2, 0.25) is 0 Å². The molecule has 2 aromatic rings. The summed E-state index contributed by atoms with van der Waals surface area (Å²) in [6, 6.07) is 3.09. The first kappa shape index (κ1) is 10.1. The van der Waals surface area contributed by atoms with Gasteiger partial charge in [-0.3, -0.25) is 0 Å². The Balaban J connectivity index is 2.82. The zero-order valence-corrected chi connectivity index (χ0v) is 9.05. The van der Waals surface area contributed by atoms with Crippen LogP contribution in [0.15, 0.2) is 16.5 Å². The second kappa shape index (κ2) is 3.28. The zero-order chi connectivity index (χ0) is 11.2. The molecule has 0 fully saturated rings. The molecule has 0 saturated heterocycles. The SMILES string of the molecule is Cc1oc2cc(C(=O)O)c(Cl)cc2c1C. The third-order valence-corrected chi connectivity index (χ3v) is 2.81. The van der Waals surface area contributed by atoms with Crippen molar-refractivity contribution < 1.29 is 14.3 Å². The average molecular weight is 225 g/mol. The van der Waals surface area contributed by atoms with E-state index in [1.54, 1.807) is 6.07 Å². The molecule has 1 aromatic carbocycles. The van der Waals surface area contributed by atoms with Gasteiger partial charge < -0.3 is 9.52 Å². The van der Waals surface area contributed by atoms with Crippen LogP contribution in [0, 0.1) is 13.8 Å². The molecule has 0 saturated carbocycles. The molecular formula is C11H9ClO3. The van der Waals surface area contributed by atoms with E-state index in [4.69, 9.17) is 21.1 Å². The number of aromatic carboxylic acids is 1. The van der Waals surface area contributed by atoms with E-state index in [0.29, 0.717) is 5.58 Å². The summed E-state index contributed by atoms with van der Waals surface area (Å²) in [6.45, 7) is 3.75. The molecule has 1 aromatic heterocycles. The molecule has 0 atom stereocenters. The molecule has 0 aliphatic carbocycles. The van der Waals surface area contributed by atoms with Crippen LogP contribution in [0.1, 0.15) is 21.7 Å². The predicted molar refractivity (Wildman–Crippen MR) is 57.7 cm³/mol. The molecule has 0 bridgehead atoms. The number of carboxylic acid groups (broad SMARTS) is 1. The number of fused-ring (bicyclic) bond motifs is 1. The fraction of sp³-hybridized carbons (Fsp3) is 0.182. The molecule has 0 unspecified atom stereocenters. The van der Waals surface area contributed by atoms with E-state index in [0.717, 1.165) is 16.7 Å². The number of rotatable bonds is 1. The molecule has 1 heterocycles. The zero-order valence-electron chi connectivity index (χ0n) is 8.30. The Kier molecular flexibility index (Phi) is 2.20. The number of aryl methyl sites for hydroxylation is 2. The molecule has 4 heteroatoms. The Morgan fingerprint density at radius 1 is 1.40 bits per heavy atom. The highest BCUT2D eigenvalue weighted by molar-refractivity contribution is 6.34. The quantitative estimate of drug-likeness (QED) is 0.808. The molecule has 0 spiro atoms. The minimum atomic E-state index is -1.05. The standard InChI is InChI=1S/C11H9ClO3/c1-5-6(2)15-10-4-8(11(13)14)9(12)3-7(5)10/h3-4H,1-2H3,(H,13,14). The number of benzene rings is 1. The Morgan fingerprint density at radius 2 is 2.07 bits per heavy atom. The molecule has 3 nitrogen and oxygen atoms in total. The van der Waals surface area contributed by atoms with Crippen molar-refractivity contribution in [2.24, 2.45) is 0 Å². The van der Waals surface area contributed by atoms with Crippen molar-refractivity contribution in [3.05, 3.63) is 34.0 Å². The van der Waals surface area contributed by atoms with E-state index in [-0.39, 0.29) is 10.6 Å². The molecule has 2 rings (SSSR count). The number of carbonyl (C=O) groups is 1. The molecule has 0 amide bonds. The summed E-state index contributed by atoms with van der Waals surface area (Å²) in [5.41, 5.74) is 1.62. The normalized spacial score (nSPS) is 10.9. The van der Waals surface area contributed by atoms with Crippen molar-refractivity contribution in [1.82, 2.24) is 0 Å². The summed E-state index contributed by atoms with van der Waals surface area (Å²) in [5.74, 6) is -0.266. The van der Waals surface area contributed by atoms with Crippen molar-refractivity contribution in [3.63, 3.8) is 0 Å². The van der Waals surface area contributed by atoms with Crippen LogP contribution in [-0.4, -0.2) is 11.1 Å². The Bertz CT molecular complexity index is 554. The van der Waals surface area contributed by atoms with Gasteiger partial charge in [-0.1, -0.05) is 11.6 Å². The maximum atomic E-state index is 10.8. The van der Waals surface area contributed by atoms with Crippen LogP contribution in [-0.2, 0) is 0 Å². The lowest BCUT2D eigenvalue weighted by molar-refractivity contribution is 0.0697. The van der Waals surface area contributed by atoms with Crippen LogP contribution in [0.3, 0.4) is 0 Å². The number of hydrogen-bond donors (Lipinski definition) is 1. The van der Waals surface area contributed by atoms with Crippen molar-refractivity contribution in [2.45, 2.75) is 13.8 Å². The highest BCUT2D eigenvalue weighted by Crippen LogP contribution is 2.29. The molecule has 78 valence electrons. The summed E-state index contributed by atoms with van der Waals surface area (Å²) in [7, 11) is 0. The third kappa shape index (κ3) is 1.49. The fourth-order valence-corrected chi connectivity index (χ4v) is 1.77. The molecule has 0 aliphatic rings. The predicted octanol–water partition coefficient (Wildman–Crippen LogP) is 3.40. The van der Waals surface area contributed by atoms with Gasteiger partial charge in [-0.2, -0.15) is 0 Å². The monoisotopic (exact) mass is 224 g/mol. The maximum Gasteiger partial charge on any atom is 0.337 e. The van der Waals surface area contributed by atoms with Gasteiger partial charge in [0.15, 0.2) is 0 Å². The summed E-state index contributed by atoms with van der Waals surface area (Å²) in [5, 5.41) is 9.97. The van der Waals surface area contributed by atoms with Gasteiger partial charge in [0.05, 0.1) is 10.6 Å². The van der Waals surface area contributed by atoms with Gasteiger partial charge in [-0.25, -0.2) is 4.79 Å². The smallest absolute Gasteiger partial charge is 0.337 e. The second-order valence-electron chi connectivity index (χ2n) is 3.42. The van der Waals surface area contributed by atoms with Crippen LogP contribution in [0.2, 0.25) is 5.02 Å². The third-order valence-electron chi connectivity index (χ3n) is 2.49. The van der Waals surface area contributed by atoms with Crippen molar-refractivity contribution >= 4 is 28.5 Å². The lowest BCUT2D eigenvalue weighted by Crippen LogP contribution is -1.96. The van der Waals surface area contributed by atoms with Crippen LogP contribution < -0.4 is 0 Å². The van der Waals surface area contributed by atoms with E-state index >= 15 is 0 Å². The first-order valence-corrected chi connectivity index (χ1v) is 4.81. The minimum Gasteiger partial charge on any atom is -0.478 e.